The van der Waals surface area contributed by atoms with E-state index in [9.17, 15) is 5.11 Å². The van der Waals surface area contributed by atoms with Crippen molar-refractivity contribution < 1.29 is 5.11 Å². The first kappa shape index (κ1) is 14.4. The summed E-state index contributed by atoms with van der Waals surface area (Å²) in [6.45, 7) is 2.09. The molecule has 2 aromatic rings. The highest BCUT2D eigenvalue weighted by Gasteiger charge is 2.14. The van der Waals surface area contributed by atoms with E-state index in [4.69, 9.17) is 0 Å². The number of benzene rings is 2. The maximum Gasteiger partial charge on any atom is 0.120 e. The van der Waals surface area contributed by atoms with E-state index in [0.29, 0.717) is 5.75 Å². The molecule has 0 aliphatic heterocycles. The molecule has 0 saturated carbocycles. The first-order chi connectivity index (χ1) is 9.10. The molecule has 0 radical (unpaired) electrons. The van der Waals surface area contributed by atoms with Crippen LogP contribution in [0.15, 0.2) is 51.4 Å². The zero-order valence-electron chi connectivity index (χ0n) is 10.5. The van der Waals surface area contributed by atoms with Crippen LogP contribution in [0.4, 0.5) is 5.69 Å². The van der Waals surface area contributed by atoms with Crippen LogP contribution in [0.25, 0.3) is 0 Å². The van der Waals surface area contributed by atoms with Crippen molar-refractivity contribution in [2.24, 2.45) is 0 Å². The van der Waals surface area contributed by atoms with Crippen LogP contribution < -0.4 is 5.32 Å². The van der Waals surface area contributed by atoms with Crippen molar-refractivity contribution in [3.63, 3.8) is 0 Å². The molecule has 1 atom stereocenters. The number of phenolic OH excluding ortho intramolecular Hbond substituents is 1. The molecule has 0 saturated heterocycles. The Bertz CT molecular complexity index is 572. The first-order valence-corrected chi connectivity index (χ1v) is 7.69. The second-order valence-corrected chi connectivity index (χ2v) is 6.15. The molecule has 0 bridgehead atoms. The summed E-state index contributed by atoms with van der Waals surface area (Å²) in [7, 11) is 0. The van der Waals surface area contributed by atoms with Crippen LogP contribution in [0.5, 0.6) is 5.75 Å². The van der Waals surface area contributed by atoms with Crippen molar-refractivity contribution >= 4 is 37.5 Å². The van der Waals surface area contributed by atoms with Crippen LogP contribution in [0.3, 0.4) is 0 Å². The molecular weight excluding hydrogens is 370 g/mol. The highest BCUT2D eigenvalue weighted by atomic mass is 79.9. The highest BCUT2D eigenvalue weighted by molar-refractivity contribution is 9.10. The number of phenols is 1. The molecule has 0 spiro atoms. The molecule has 2 nitrogen and oxygen atoms in total. The van der Waals surface area contributed by atoms with Crippen molar-refractivity contribution in [2.45, 2.75) is 19.4 Å². The van der Waals surface area contributed by atoms with E-state index in [-0.39, 0.29) is 6.04 Å². The number of aromatic hydroxyl groups is 1. The molecule has 2 rings (SSSR count). The maximum absolute atomic E-state index is 10.00. The van der Waals surface area contributed by atoms with E-state index in [1.807, 2.05) is 36.4 Å². The number of nitrogens with one attached hydrogen (secondary N) is 1. The normalized spacial score (nSPS) is 12.2. The quantitative estimate of drug-likeness (QED) is 0.731. The molecule has 2 N–H and O–H groups in total. The lowest BCUT2D eigenvalue weighted by Gasteiger charge is -2.20. The fraction of sp³-hybridized carbons (Fsp3) is 0.200. The molecule has 100 valence electrons. The Morgan fingerprint density at radius 1 is 1.11 bits per heavy atom. The third kappa shape index (κ3) is 3.74. The summed E-state index contributed by atoms with van der Waals surface area (Å²) >= 11 is 6.90. The van der Waals surface area contributed by atoms with Crippen LogP contribution in [-0.2, 0) is 0 Å². The smallest absolute Gasteiger partial charge is 0.120 e. The van der Waals surface area contributed by atoms with Gasteiger partial charge in [-0.1, -0.05) is 44.8 Å². The van der Waals surface area contributed by atoms with Crippen LogP contribution in [-0.4, -0.2) is 5.11 Å². The third-order valence-corrected chi connectivity index (χ3v) is 3.93. The van der Waals surface area contributed by atoms with E-state index < -0.39 is 0 Å². The summed E-state index contributed by atoms with van der Waals surface area (Å²) in [6, 6.07) is 13.6. The zero-order chi connectivity index (χ0) is 13.8. The molecular formula is C15H15Br2NO. The van der Waals surface area contributed by atoms with Gasteiger partial charge in [0.25, 0.3) is 0 Å². The van der Waals surface area contributed by atoms with Crippen molar-refractivity contribution in [3.8, 4) is 5.75 Å². The average molecular weight is 385 g/mol. The van der Waals surface area contributed by atoms with E-state index in [1.165, 1.54) is 0 Å². The van der Waals surface area contributed by atoms with Gasteiger partial charge in [-0.05, 0) is 42.8 Å². The average Bonchev–Trinajstić information content (AvgIpc) is 2.39. The molecule has 0 fully saturated rings. The maximum atomic E-state index is 10.00. The summed E-state index contributed by atoms with van der Waals surface area (Å²) in [5.41, 5.74) is 1.93. The minimum absolute atomic E-state index is 0.0757. The van der Waals surface area contributed by atoms with Crippen LogP contribution in [0, 0.1) is 0 Å². The van der Waals surface area contributed by atoms with Gasteiger partial charge in [0.1, 0.15) is 5.75 Å². The zero-order valence-corrected chi connectivity index (χ0v) is 13.7. The van der Waals surface area contributed by atoms with Gasteiger partial charge >= 0.3 is 0 Å². The summed E-state index contributed by atoms with van der Waals surface area (Å²) in [5.74, 6) is 0.317. The van der Waals surface area contributed by atoms with E-state index in [1.54, 1.807) is 6.07 Å². The van der Waals surface area contributed by atoms with Gasteiger partial charge in [-0.3, -0.25) is 0 Å². The molecule has 0 aliphatic carbocycles. The predicted octanol–water partition coefficient (Wildman–Crippen LogP) is 5.48. The minimum Gasteiger partial charge on any atom is -0.508 e. The van der Waals surface area contributed by atoms with Crippen molar-refractivity contribution in [2.75, 3.05) is 5.32 Å². The molecule has 4 heteroatoms. The van der Waals surface area contributed by atoms with Crippen molar-refractivity contribution in [3.05, 3.63) is 57.0 Å². The number of hydrogen-bond acceptors (Lipinski definition) is 2. The number of hydrogen-bond donors (Lipinski definition) is 2. The SMILES string of the molecule is CCC(Nc1cccc(Br)c1)c1cc(Br)ccc1O. The Kier molecular flexibility index (Phi) is 4.88. The second kappa shape index (κ2) is 6.44. The number of rotatable bonds is 4. The van der Waals surface area contributed by atoms with Gasteiger partial charge in [0.2, 0.25) is 0 Å². The summed E-state index contributed by atoms with van der Waals surface area (Å²) in [4.78, 5) is 0. The summed E-state index contributed by atoms with van der Waals surface area (Å²) in [6.07, 6.45) is 0.885. The Morgan fingerprint density at radius 3 is 2.53 bits per heavy atom. The summed E-state index contributed by atoms with van der Waals surface area (Å²) < 4.78 is 2.00. The Morgan fingerprint density at radius 2 is 1.84 bits per heavy atom. The molecule has 1 unspecified atom stereocenters. The van der Waals surface area contributed by atoms with Gasteiger partial charge in [0.15, 0.2) is 0 Å². The predicted molar refractivity (Wildman–Crippen MR) is 86.6 cm³/mol. The van der Waals surface area contributed by atoms with Crippen LogP contribution in [0.1, 0.15) is 24.9 Å². The number of anilines is 1. The topological polar surface area (TPSA) is 32.3 Å². The van der Waals surface area contributed by atoms with Gasteiger partial charge in [-0.2, -0.15) is 0 Å². The fourth-order valence-corrected chi connectivity index (χ4v) is 2.76. The molecule has 0 aromatic heterocycles. The molecule has 19 heavy (non-hydrogen) atoms. The van der Waals surface area contributed by atoms with Gasteiger partial charge in [0.05, 0.1) is 6.04 Å². The lowest BCUT2D eigenvalue weighted by atomic mass is 10.0. The lowest BCUT2D eigenvalue weighted by Crippen LogP contribution is -2.09. The van der Waals surface area contributed by atoms with E-state index in [2.05, 4.69) is 44.1 Å². The van der Waals surface area contributed by atoms with Crippen LogP contribution in [0.2, 0.25) is 0 Å². The van der Waals surface area contributed by atoms with Gasteiger partial charge < -0.3 is 10.4 Å². The van der Waals surface area contributed by atoms with Crippen molar-refractivity contribution in [1.29, 1.82) is 0 Å². The largest absolute Gasteiger partial charge is 0.508 e. The standard InChI is InChI=1S/C15H15Br2NO/c1-2-14(13-9-11(17)6-7-15(13)19)18-12-5-3-4-10(16)8-12/h3-9,14,18-19H,2H2,1H3. The summed E-state index contributed by atoms with van der Waals surface area (Å²) in [5, 5.41) is 13.4. The Labute approximate surface area is 130 Å². The number of halogens is 2. The molecule has 0 aliphatic rings. The van der Waals surface area contributed by atoms with Crippen molar-refractivity contribution in [1.82, 2.24) is 0 Å². The third-order valence-electron chi connectivity index (χ3n) is 2.94. The monoisotopic (exact) mass is 383 g/mol. The molecule has 0 amide bonds. The minimum atomic E-state index is 0.0757. The van der Waals surface area contributed by atoms with E-state index >= 15 is 0 Å². The Balaban J connectivity index is 2.27. The lowest BCUT2D eigenvalue weighted by molar-refractivity contribution is 0.462. The second-order valence-electron chi connectivity index (χ2n) is 4.32. The molecule has 0 heterocycles. The van der Waals surface area contributed by atoms with Gasteiger partial charge in [-0.15, -0.1) is 0 Å². The first-order valence-electron chi connectivity index (χ1n) is 6.10. The fourth-order valence-electron chi connectivity index (χ4n) is 1.98. The van der Waals surface area contributed by atoms with Crippen LogP contribution >= 0.6 is 31.9 Å². The van der Waals surface area contributed by atoms with Gasteiger partial charge in [0, 0.05) is 20.2 Å². The van der Waals surface area contributed by atoms with Gasteiger partial charge in [-0.25, -0.2) is 0 Å². The van der Waals surface area contributed by atoms with E-state index in [0.717, 1.165) is 26.6 Å². The molecule has 2 aromatic carbocycles. The highest BCUT2D eigenvalue weighted by Crippen LogP contribution is 2.32. The Hall–Kier alpha value is -1.00.